The third-order valence-electron chi connectivity index (χ3n) is 5.34. The molecule has 2 aliphatic rings. The van der Waals surface area contributed by atoms with E-state index in [-0.39, 0.29) is 17.6 Å². The van der Waals surface area contributed by atoms with Crippen LogP contribution in [-0.4, -0.2) is 53.1 Å². The highest BCUT2D eigenvalue weighted by Gasteiger charge is 2.48. The van der Waals surface area contributed by atoms with Gasteiger partial charge in [0.2, 0.25) is 0 Å². The minimum atomic E-state index is -0.833. The van der Waals surface area contributed by atoms with Crippen LogP contribution in [0.25, 0.3) is 0 Å². The van der Waals surface area contributed by atoms with Gasteiger partial charge >= 0.3 is 6.03 Å². The number of phenolic OH excluding ortho intramolecular Hbond substituents is 1. The van der Waals surface area contributed by atoms with Crippen molar-refractivity contribution in [3.05, 3.63) is 29.8 Å². The zero-order valence-corrected chi connectivity index (χ0v) is 15.8. The van der Waals surface area contributed by atoms with Crippen LogP contribution in [0.15, 0.2) is 29.3 Å². The number of carbonyl (C=O) groups is 2. The van der Waals surface area contributed by atoms with E-state index in [0.29, 0.717) is 6.54 Å². The summed E-state index contributed by atoms with van der Waals surface area (Å²) in [6.45, 7) is 6.58. The van der Waals surface area contributed by atoms with Crippen LogP contribution < -0.4 is 16.0 Å². The van der Waals surface area contributed by atoms with Crippen molar-refractivity contribution in [1.82, 2.24) is 20.9 Å². The Labute approximate surface area is 159 Å². The first-order chi connectivity index (χ1) is 12.9. The maximum atomic E-state index is 12.1. The number of imide groups is 1. The van der Waals surface area contributed by atoms with Gasteiger partial charge in [0.05, 0.1) is 6.54 Å². The van der Waals surface area contributed by atoms with Gasteiger partial charge in [-0.3, -0.25) is 10.1 Å². The van der Waals surface area contributed by atoms with Crippen LogP contribution in [0.4, 0.5) is 4.79 Å². The smallest absolute Gasteiger partial charge is 0.322 e. The third kappa shape index (κ3) is 4.15. The van der Waals surface area contributed by atoms with Gasteiger partial charge in [-0.2, -0.15) is 0 Å². The van der Waals surface area contributed by atoms with Gasteiger partial charge in [-0.15, -0.1) is 0 Å². The molecule has 3 rings (SSSR count). The number of phenols is 1. The molecule has 0 bridgehead atoms. The number of urea groups is 1. The molecule has 2 fully saturated rings. The van der Waals surface area contributed by atoms with Crippen LogP contribution in [0.2, 0.25) is 0 Å². The summed E-state index contributed by atoms with van der Waals surface area (Å²) in [7, 11) is 0. The molecule has 2 saturated heterocycles. The predicted molar refractivity (Wildman–Crippen MR) is 102 cm³/mol. The highest BCUT2D eigenvalue weighted by molar-refractivity contribution is 6.07. The fourth-order valence-electron chi connectivity index (χ4n) is 3.76. The standard InChI is InChI=1S/C19H27N5O3/c1-3-20-17(21-12-13-5-4-6-15(25)11-13)24-9-7-14(8-10-24)19(2)16(26)22-18(27)23-19/h4-6,11,14,25H,3,7-10,12H2,1-2H3,(H,20,21)(H2,22,23,26,27). The SMILES string of the molecule is CCNC(=NCc1cccc(O)c1)N1CCC(C2(C)NC(=O)NC2=O)CC1. The molecule has 2 heterocycles. The number of aromatic hydroxyl groups is 1. The van der Waals surface area contributed by atoms with Gasteiger partial charge in [0.1, 0.15) is 11.3 Å². The van der Waals surface area contributed by atoms with Crippen LogP contribution in [0.3, 0.4) is 0 Å². The Bertz CT molecular complexity index is 743. The van der Waals surface area contributed by atoms with Gasteiger partial charge in [-0.25, -0.2) is 9.79 Å². The van der Waals surface area contributed by atoms with Crippen molar-refractivity contribution < 1.29 is 14.7 Å². The first-order valence-corrected chi connectivity index (χ1v) is 9.37. The van der Waals surface area contributed by atoms with E-state index in [2.05, 4.69) is 25.8 Å². The first-order valence-electron chi connectivity index (χ1n) is 9.37. The minimum absolute atomic E-state index is 0.0918. The van der Waals surface area contributed by atoms with Gasteiger partial charge < -0.3 is 20.6 Å². The maximum Gasteiger partial charge on any atom is 0.322 e. The van der Waals surface area contributed by atoms with Crippen molar-refractivity contribution in [2.45, 2.75) is 38.8 Å². The normalized spacial score (nSPS) is 23.9. The molecule has 0 aliphatic carbocycles. The van der Waals surface area contributed by atoms with Crippen LogP contribution in [0, 0.1) is 5.92 Å². The van der Waals surface area contributed by atoms with Gasteiger partial charge in [-0.1, -0.05) is 12.1 Å². The lowest BCUT2D eigenvalue weighted by Gasteiger charge is -2.39. The molecule has 2 aliphatic heterocycles. The van der Waals surface area contributed by atoms with E-state index in [1.54, 1.807) is 25.1 Å². The Balaban J connectivity index is 1.64. The number of hydrogen-bond acceptors (Lipinski definition) is 4. The molecule has 1 unspecified atom stereocenters. The molecule has 4 N–H and O–H groups in total. The van der Waals surface area contributed by atoms with Crippen molar-refractivity contribution in [3.63, 3.8) is 0 Å². The molecule has 0 radical (unpaired) electrons. The Morgan fingerprint density at radius 2 is 2.11 bits per heavy atom. The zero-order valence-electron chi connectivity index (χ0n) is 15.8. The molecule has 1 aromatic carbocycles. The summed E-state index contributed by atoms with van der Waals surface area (Å²) < 4.78 is 0. The summed E-state index contributed by atoms with van der Waals surface area (Å²) in [4.78, 5) is 30.5. The van der Waals surface area contributed by atoms with Crippen LogP contribution in [0.1, 0.15) is 32.3 Å². The fourth-order valence-corrected chi connectivity index (χ4v) is 3.76. The average molecular weight is 373 g/mol. The number of nitrogens with zero attached hydrogens (tertiary/aromatic N) is 2. The molecular formula is C19H27N5O3. The van der Waals surface area contributed by atoms with E-state index in [1.165, 1.54) is 0 Å². The molecule has 8 nitrogen and oxygen atoms in total. The predicted octanol–water partition coefficient (Wildman–Crippen LogP) is 1.17. The highest BCUT2D eigenvalue weighted by Crippen LogP contribution is 2.30. The maximum absolute atomic E-state index is 12.1. The number of amides is 3. The number of benzene rings is 1. The molecule has 3 amide bonds. The highest BCUT2D eigenvalue weighted by atomic mass is 16.3. The van der Waals surface area contributed by atoms with Crippen molar-refractivity contribution in [1.29, 1.82) is 0 Å². The number of hydrogen-bond donors (Lipinski definition) is 4. The van der Waals surface area contributed by atoms with Crippen LogP contribution >= 0.6 is 0 Å². The van der Waals surface area contributed by atoms with E-state index >= 15 is 0 Å². The van der Waals surface area contributed by atoms with Crippen LogP contribution in [-0.2, 0) is 11.3 Å². The number of aliphatic imine (C=N–C) groups is 1. The Morgan fingerprint density at radius 3 is 2.70 bits per heavy atom. The summed E-state index contributed by atoms with van der Waals surface area (Å²) in [6.07, 6.45) is 1.58. The van der Waals surface area contributed by atoms with E-state index in [0.717, 1.165) is 44.0 Å². The zero-order chi connectivity index (χ0) is 19.4. The molecule has 0 saturated carbocycles. The third-order valence-corrected chi connectivity index (χ3v) is 5.34. The molecule has 146 valence electrons. The molecule has 1 aromatic rings. The second kappa shape index (κ2) is 7.85. The molecule has 8 heteroatoms. The van der Waals surface area contributed by atoms with Crippen molar-refractivity contribution in [2.75, 3.05) is 19.6 Å². The van der Waals surface area contributed by atoms with Gasteiger partial charge in [0.15, 0.2) is 5.96 Å². The summed E-state index contributed by atoms with van der Waals surface area (Å²) in [6, 6.07) is 6.68. The molecular weight excluding hydrogens is 346 g/mol. The number of likely N-dealkylation sites (tertiary alicyclic amines) is 1. The number of carbonyl (C=O) groups excluding carboxylic acids is 2. The topological polar surface area (TPSA) is 106 Å². The Kier molecular flexibility index (Phi) is 5.53. The Morgan fingerprint density at radius 1 is 1.37 bits per heavy atom. The lowest BCUT2D eigenvalue weighted by molar-refractivity contribution is -0.125. The number of guanidine groups is 1. The van der Waals surface area contributed by atoms with Crippen molar-refractivity contribution in [2.24, 2.45) is 10.9 Å². The van der Waals surface area contributed by atoms with Crippen LogP contribution in [0.5, 0.6) is 5.75 Å². The second-order valence-electron chi connectivity index (χ2n) is 7.21. The summed E-state index contributed by atoms with van der Waals surface area (Å²) >= 11 is 0. The first kappa shape index (κ1) is 19.0. The summed E-state index contributed by atoms with van der Waals surface area (Å²) in [5, 5.41) is 18.0. The quantitative estimate of drug-likeness (QED) is 0.360. The fraction of sp³-hybridized carbons (Fsp3) is 0.526. The van der Waals surface area contributed by atoms with E-state index in [4.69, 9.17) is 0 Å². The summed E-state index contributed by atoms with van der Waals surface area (Å²) in [5.74, 6) is 0.910. The molecule has 1 atom stereocenters. The van der Waals surface area contributed by atoms with Gasteiger partial charge in [0, 0.05) is 19.6 Å². The second-order valence-corrected chi connectivity index (χ2v) is 7.21. The molecule has 27 heavy (non-hydrogen) atoms. The molecule has 0 aromatic heterocycles. The largest absolute Gasteiger partial charge is 0.508 e. The number of rotatable bonds is 4. The van der Waals surface area contributed by atoms with E-state index in [9.17, 15) is 14.7 Å². The number of piperidine rings is 1. The summed E-state index contributed by atoms with van der Waals surface area (Å²) in [5.41, 5.74) is 0.110. The van der Waals surface area contributed by atoms with Gasteiger partial charge in [0.25, 0.3) is 5.91 Å². The van der Waals surface area contributed by atoms with Gasteiger partial charge in [-0.05, 0) is 50.3 Å². The van der Waals surface area contributed by atoms with Crippen molar-refractivity contribution in [3.8, 4) is 5.75 Å². The monoisotopic (exact) mass is 373 g/mol. The van der Waals surface area contributed by atoms with E-state index < -0.39 is 11.6 Å². The lowest BCUT2D eigenvalue weighted by Crippen LogP contribution is -2.55. The Hall–Kier alpha value is -2.77. The van der Waals surface area contributed by atoms with E-state index in [1.807, 2.05) is 13.0 Å². The molecule has 0 spiro atoms. The average Bonchev–Trinajstić information content (AvgIpc) is 2.91. The number of nitrogens with one attached hydrogen (secondary N) is 3. The van der Waals surface area contributed by atoms with Crippen molar-refractivity contribution >= 4 is 17.9 Å². The lowest BCUT2D eigenvalue weighted by atomic mass is 9.79. The minimum Gasteiger partial charge on any atom is -0.508 e.